The summed E-state index contributed by atoms with van der Waals surface area (Å²) < 4.78 is 21.4. The molecule has 12 heavy (non-hydrogen) atoms. The molecule has 0 bridgehead atoms. The van der Waals surface area contributed by atoms with Crippen molar-refractivity contribution in [2.75, 3.05) is 25.1 Å². The molecule has 0 atom stereocenters. The number of hydrogen-bond acceptors (Lipinski definition) is 3. The van der Waals surface area contributed by atoms with Gasteiger partial charge in [-0.2, -0.15) is 0 Å². The molecule has 0 radical (unpaired) electrons. The van der Waals surface area contributed by atoms with E-state index in [1.165, 1.54) is 6.26 Å². The fourth-order valence-corrected chi connectivity index (χ4v) is 1.52. The van der Waals surface area contributed by atoms with E-state index in [1.807, 2.05) is 0 Å². The van der Waals surface area contributed by atoms with E-state index in [0.29, 0.717) is 12.3 Å². The lowest BCUT2D eigenvalue weighted by Gasteiger charge is -2.05. The zero-order chi connectivity index (χ0) is 9.61. The topological polar surface area (TPSA) is 46.2 Å². The van der Waals surface area contributed by atoms with E-state index < -0.39 is 9.84 Å². The van der Waals surface area contributed by atoms with Crippen LogP contribution in [0, 0.1) is 5.92 Å². The van der Waals surface area contributed by atoms with E-state index in [2.05, 4.69) is 19.2 Å². The van der Waals surface area contributed by atoms with Crippen molar-refractivity contribution in [2.45, 2.75) is 20.3 Å². The summed E-state index contributed by atoms with van der Waals surface area (Å²) in [6, 6.07) is 0. The van der Waals surface area contributed by atoms with Gasteiger partial charge in [0.05, 0.1) is 5.75 Å². The van der Waals surface area contributed by atoms with Crippen molar-refractivity contribution < 1.29 is 8.42 Å². The summed E-state index contributed by atoms with van der Waals surface area (Å²) in [5, 5.41) is 3.19. The van der Waals surface area contributed by atoms with Crippen molar-refractivity contribution in [1.29, 1.82) is 0 Å². The van der Waals surface area contributed by atoms with Crippen LogP contribution in [-0.2, 0) is 9.84 Å². The molecule has 0 unspecified atom stereocenters. The molecule has 4 heteroatoms. The van der Waals surface area contributed by atoms with Crippen molar-refractivity contribution in [3.63, 3.8) is 0 Å². The predicted octanol–water partition coefficient (Wildman–Crippen LogP) is 0.667. The third-order valence-corrected chi connectivity index (χ3v) is 2.45. The lowest BCUT2D eigenvalue weighted by molar-refractivity contribution is 0.547. The van der Waals surface area contributed by atoms with Gasteiger partial charge in [-0.1, -0.05) is 13.8 Å². The minimum absolute atomic E-state index is 0.290. The number of nitrogens with one attached hydrogen (secondary N) is 1. The molecule has 0 amide bonds. The second-order valence-electron chi connectivity index (χ2n) is 3.58. The first-order chi connectivity index (χ1) is 5.42. The lowest BCUT2D eigenvalue weighted by atomic mass is 10.2. The summed E-state index contributed by atoms with van der Waals surface area (Å²) in [7, 11) is -2.76. The molecule has 0 aliphatic heterocycles. The fourth-order valence-electron chi connectivity index (χ4n) is 0.850. The maximum atomic E-state index is 10.7. The van der Waals surface area contributed by atoms with Gasteiger partial charge in [0.2, 0.25) is 0 Å². The molecular weight excluding hydrogens is 174 g/mol. The molecular formula is C8H19NO2S. The van der Waals surface area contributed by atoms with Gasteiger partial charge in [0.15, 0.2) is 0 Å². The minimum atomic E-state index is -2.76. The third kappa shape index (κ3) is 9.91. The Morgan fingerprint density at radius 3 is 2.33 bits per heavy atom. The predicted molar refractivity (Wildman–Crippen MR) is 52.0 cm³/mol. The Morgan fingerprint density at radius 1 is 1.33 bits per heavy atom. The molecule has 0 saturated heterocycles. The molecule has 0 aromatic rings. The first kappa shape index (κ1) is 11.9. The quantitative estimate of drug-likeness (QED) is 0.631. The first-order valence-electron chi connectivity index (χ1n) is 4.30. The summed E-state index contributed by atoms with van der Waals surface area (Å²) in [6.07, 6.45) is 1.99. The average molecular weight is 193 g/mol. The molecule has 0 rings (SSSR count). The SMILES string of the molecule is CC(C)CNCCCS(C)(=O)=O. The molecule has 0 aromatic heterocycles. The van der Waals surface area contributed by atoms with Crippen LogP contribution in [0.25, 0.3) is 0 Å². The van der Waals surface area contributed by atoms with Crippen LogP contribution in [0.2, 0.25) is 0 Å². The van der Waals surface area contributed by atoms with Gasteiger partial charge in [-0.15, -0.1) is 0 Å². The van der Waals surface area contributed by atoms with E-state index in [0.717, 1.165) is 13.1 Å². The van der Waals surface area contributed by atoms with Crippen LogP contribution in [-0.4, -0.2) is 33.5 Å². The van der Waals surface area contributed by atoms with Gasteiger partial charge in [0.1, 0.15) is 9.84 Å². The van der Waals surface area contributed by atoms with Gasteiger partial charge < -0.3 is 5.32 Å². The normalized spacial score (nSPS) is 12.3. The summed E-state index contributed by atoms with van der Waals surface area (Å²) in [5.74, 6) is 0.918. The maximum Gasteiger partial charge on any atom is 0.147 e. The third-order valence-electron chi connectivity index (χ3n) is 1.42. The van der Waals surface area contributed by atoms with E-state index in [-0.39, 0.29) is 5.75 Å². The fraction of sp³-hybridized carbons (Fsp3) is 1.00. The van der Waals surface area contributed by atoms with Crippen LogP contribution in [0.1, 0.15) is 20.3 Å². The zero-order valence-corrected chi connectivity index (χ0v) is 8.95. The van der Waals surface area contributed by atoms with Gasteiger partial charge in [-0.05, 0) is 25.4 Å². The number of rotatable bonds is 6. The molecule has 0 spiro atoms. The van der Waals surface area contributed by atoms with Crippen LogP contribution >= 0.6 is 0 Å². The zero-order valence-electron chi connectivity index (χ0n) is 8.13. The molecule has 74 valence electrons. The average Bonchev–Trinajstić information content (AvgIpc) is 1.83. The summed E-state index contributed by atoms with van der Waals surface area (Å²) in [6.45, 7) is 6.02. The molecule has 0 aliphatic rings. The molecule has 1 N–H and O–H groups in total. The Morgan fingerprint density at radius 2 is 1.92 bits per heavy atom. The molecule has 0 saturated carbocycles. The molecule has 0 aromatic carbocycles. The summed E-state index contributed by atoms with van der Waals surface area (Å²) in [5.41, 5.74) is 0. The highest BCUT2D eigenvalue weighted by Gasteiger charge is 2.00. The van der Waals surface area contributed by atoms with Crippen LogP contribution in [0.3, 0.4) is 0 Å². The summed E-state index contributed by atoms with van der Waals surface area (Å²) >= 11 is 0. The van der Waals surface area contributed by atoms with Crippen molar-refractivity contribution >= 4 is 9.84 Å². The Balaban J connectivity index is 3.23. The largest absolute Gasteiger partial charge is 0.316 e. The Kier molecular flexibility index (Phi) is 5.50. The Bertz CT molecular complexity index is 197. The maximum absolute atomic E-state index is 10.7. The second-order valence-corrected chi connectivity index (χ2v) is 5.84. The van der Waals surface area contributed by atoms with E-state index in [1.54, 1.807) is 0 Å². The van der Waals surface area contributed by atoms with E-state index >= 15 is 0 Å². The Hall–Kier alpha value is -0.0900. The second kappa shape index (κ2) is 5.54. The van der Waals surface area contributed by atoms with Gasteiger partial charge in [0, 0.05) is 6.26 Å². The minimum Gasteiger partial charge on any atom is -0.316 e. The highest BCUT2D eigenvalue weighted by molar-refractivity contribution is 7.90. The summed E-state index contributed by atoms with van der Waals surface area (Å²) in [4.78, 5) is 0. The number of sulfone groups is 1. The highest BCUT2D eigenvalue weighted by atomic mass is 32.2. The van der Waals surface area contributed by atoms with Crippen LogP contribution in [0.4, 0.5) is 0 Å². The molecule has 0 heterocycles. The van der Waals surface area contributed by atoms with Crippen molar-refractivity contribution in [1.82, 2.24) is 5.32 Å². The van der Waals surface area contributed by atoms with Gasteiger partial charge >= 0.3 is 0 Å². The van der Waals surface area contributed by atoms with Crippen molar-refractivity contribution in [2.24, 2.45) is 5.92 Å². The van der Waals surface area contributed by atoms with E-state index in [4.69, 9.17) is 0 Å². The lowest BCUT2D eigenvalue weighted by Crippen LogP contribution is -2.22. The number of hydrogen-bond donors (Lipinski definition) is 1. The van der Waals surface area contributed by atoms with Crippen molar-refractivity contribution in [3.05, 3.63) is 0 Å². The first-order valence-corrected chi connectivity index (χ1v) is 6.36. The standard InChI is InChI=1S/C8H19NO2S/c1-8(2)7-9-5-4-6-12(3,10)11/h8-9H,4-7H2,1-3H3. The molecule has 3 nitrogen and oxygen atoms in total. The van der Waals surface area contributed by atoms with Gasteiger partial charge in [-0.25, -0.2) is 8.42 Å². The molecule has 0 aliphatic carbocycles. The van der Waals surface area contributed by atoms with Crippen LogP contribution in [0.5, 0.6) is 0 Å². The highest BCUT2D eigenvalue weighted by Crippen LogP contribution is 1.89. The van der Waals surface area contributed by atoms with Crippen LogP contribution in [0.15, 0.2) is 0 Å². The van der Waals surface area contributed by atoms with E-state index in [9.17, 15) is 8.42 Å². The van der Waals surface area contributed by atoms with Gasteiger partial charge in [-0.3, -0.25) is 0 Å². The van der Waals surface area contributed by atoms with Crippen molar-refractivity contribution in [3.8, 4) is 0 Å². The molecule has 0 fully saturated rings. The van der Waals surface area contributed by atoms with Crippen LogP contribution < -0.4 is 5.32 Å². The van der Waals surface area contributed by atoms with Gasteiger partial charge in [0.25, 0.3) is 0 Å². The monoisotopic (exact) mass is 193 g/mol. The Labute approximate surface area is 75.5 Å². The smallest absolute Gasteiger partial charge is 0.147 e.